The lowest BCUT2D eigenvalue weighted by atomic mass is 10.0. The molecule has 4 nitrogen and oxygen atoms in total. The molecule has 0 unspecified atom stereocenters. The van der Waals surface area contributed by atoms with Crippen LogP contribution in [0.4, 0.5) is 11.4 Å². The van der Waals surface area contributed by atoms with Crippen LogP contribution in [0.5, 0.6) is 0 Å². The molecule has 3 aromatic carbocycles. The lowest BCUT2D eigenvalue weighted by Gasteiger charge is -2.31. The summed E-state index contributed by atoms with van der Waals surface area (Å²) in [7, 11) is 0.658. The molecule has 0 spiro atoms. The molecule has 0 aliphatic heterocycles. The molecule has 0 bridgehead atoms. The molecular formula is C28H37N2O2P. The van der Waals surface area contributed by atoms with Gasteiger partial charge in [0, 0.05) is 30.8 Å². The fourth-order valence-corrected chi connectivity index (χ4v) is 6.20. The Morgan fingerprint density at radius 1 is 0.818 bits per heavy atom. The predicted molar refractivity (Wildman–Crippen MR) is 142 cm³/mol. The Morgan fingerprint density at radius 3 is 1.91 bits per heavy atom. The molecule has 0 saturated carbocycles. The van der Waals surface area contributed by atoms with Crippen LogP contribution in [0.1, 0.15) is 50.5 Å². The van der Waals surface area contributed by atoms with E-state index in [1.165, 1.54) is 5.56 Å². The third-order valence-corrected chi connectivity index (χ3v) is 8.32. The van der Waals surface area contributed by atoms with E-state index in [-0.39, 0.29) is 5.92 Å². The van der Waals surface area contributed by atoms with Gasteiger partial charge in [0.15, 0.2) is 0 Å². The summed E-state index contributed by atoms with van der Waals surface area (Å²) in [5.74, 6) is 0.187. The van der Waals surface area contributed by atoms with Gasteiger partial charge in [0.25, 0.3) is 7.37 Å². The van der Waals surface area contributed by atoms with Gasteiger partial charge >= 0.3 is 0 Å². The average molecular weight is 465 g/mol. The van der Waals surface area contributed by atoms with E-state index in [0.29, 0.717) is 12.5 Å². The number of hydrogen-bond donors (Lipinski definition) is 1. The summed E-state index contributed by atoms with van der Waals surface area (Å²) in [5.41, 5.74) is 4.18. The monoisotopic (exact) mass is 464 g/mol. The Bertz CT molecular complexity index is 1050. The van der Waals surface area contributed by atoms with Gasteiger partial charge in [0.1, 0.15) is 5.78 Å². The highest BCUT2D eigenvalue weighted by Gasteiger charge is 2.38. The van der Waals surface area contributed by atoms with Crippen LogP contribution < -0.4 is 15.5 Å². The zero-order valence-electron chi connectivity index (χ0n) is 20.7. The topological polar surface area (TPSA) is 41.6 Å². The van der Waals surface area contributed by atoms with Crippen LogP contribution in [-0.2, 0) is 9.09 Å². The number of nitrogens with one attached hydrogen (secondary N) is 1. The van der Waals surface area contributed by atoms with Crippen LogP contribution in [0.25, 0.3) is 0 Å². The summed E-state index contributed by atoms with van der Waals surface area (Å²) >= 11 is 0. The summed E-state index contributed by atoms with van der Waals surface area (Å²) in [6.45, 7) is 8.94. The van der Waals surface area contributed by atoms with Crippen molar-refractivity contribution in [2.24, 2.45) is 5.92 Å². The molecule has 2 atom stereocenters. The minimum absolute atomic E-state index is 0.264. The van der Waals surface area contributed by atoms with Crippen LogP contribution >= 0.6 is 7.37 Å². The first-order chi connectivity index (χ1) is 15.7. The molecular weight excluding hydrogens is 427 g/mol. The summed E-state index contributed by atoms with van der Waals surface area (Å²) in [4.78, 5) is 2.04. The Hall–Kier alpha value is -2.55. The Labute approximate surface area is 199 Å². The SMILES string of the molecule is CC(C)CO[P@@](=O)(c1ccc(N(C)C)cc1)[C@@H](Nc1ccccc1)c1ccc(C(C)C)cc1. The van der Waals surface area contributed by atoms with Gasteiger partial charge in [-0.3, -0.25) is 4.57 Å². The van der Waals surface area contributed by atoms with Crippen molar-refractivity contribution in [3.63, 3.8) is 0 Å². The Balaban J connectivity index is 2.11. The first-order valence-corrected chi connectivity index (χ1v) is 13.3. The standard InChI is InChI=1S/C28H37N2O2P/c1-21(2)20-32-33(31,27-18-16-26(17-19-27)30(5)6)28(29-25-10-8-7-9-11-25)24-14-12-23(13-15-24)22(3)4/h7-19,21-22,28-29H,20H2,1-6H3/t28-,33+/m1/s1. The molecule has 0 aliphatic carbocycles. The van der Waals surface area contributed by atoms with E-state index in [0.717, 1.165) is 22.2 Å². The zero-order chi connectivity index (χ0) is 24.0. The molecule has 0 saturated heterocycles. The molecule has 3 aromatic rings. The Morgan fingerprint density at radius 2 is 1.39 bits per heavy atom. The van der Waals surface area contributed by atoms with E-state index in [9.17, 15) is 4.57 Å². The highest BCUT2D eigenvalue weighted by atomic mass is 31.2. The van der Waals surface area contributed by atoms with Crippen molar-refractivity contribution < 1.29 is 9.09 Å². The van der Waals surface area contributed by atoms with E-state index >= 15 is 0 Å². The fourth-order valence-electron chi connectivity index (χ4n) is 3.64. The predicted octanol–water partition coefficient (Wildman–Crippen LogP) is 7.26. The van der Waals surface area contributed by atoms with Crippen molar-refractivity contribution in [2.75, 3.05) is 30.9 Å². The third-order valence-electron chi connectivity index (χ3n) is 5.66. The molecule has 0 amide bonds. The second kappa shape index (κ2) is 11.0. The normalized spacial score (nSPS) is 14.2. The van der Waals surface area contributed by atoms with Crippen LogP contribution in [0, 0.1) is 5.92 Å². The van der Waals surface area contributed by atoms with Gasteiger partial charge in [-0.1, -0.05) is 70.2 Å². The highest BCUT2D eigenvalue weighted by molar-refractivity contribution is 7.67. The number of nitrogens with zero attached hydrogens (tertiary/aromatic N) is 1. The van der Waals surface area contributed by atoms with E-state index in [4.69, 9.17) is 4.52 Å². The number of para-hydroxylation sites is 1. The molecule has 1 N–H and O–H groups in total. The fraction of sp³-hybridized carbons (Fsp3) is 0.357. The molecule has 0 heterocycles. The maximum atomic E-state index is 14.8. The van der Waals surface area contributed by atoms with Crippen LogP contribution in [0.15, 0.2) is 78.9 Å². The first kappa shape index (κ1) is 25.1. The molecule has 0 fully saturated rings. The maximum Gasteiger partial charge on any atom is 0.258 e. The van der Waals surface area contributed by atoms with Crippen molar-refractivity contribution in [1.29, 1.82) is 0 Å². The van der Waals surface area contributed by atoms with E-state index < -0.39 is 13.2 Å². The van der Waals surface area contributed by atoms with Crippen molar-refractivity contribution >= 4 is 24.0 Å². The third kappa shape index (κ3) is 6.28. The Kier molecular flexibility index (Phi) is 8.40. The van der Waals surface area contributed by atoms with Crippen LogP contribution in [-0.4, -0.2) is 20.7 Å². The molecule has 5 heteroatoms. The highest BCUT2D eigenvalue weighted by Crippen LogP contribution is 2.59. The van der Waals surface area contributed by atoms with Gasteiger partial charge in [0.05, 0.1) is 6.61 Å². The maximum absolute atomic E-state index is 14.8. The van der Waals surface area contributed by atoms with Gasteiger partial charge in [-0.25, -0.2) is 0 Å². The molecule has 176 valence electrons. The quantitative estimate of drug-likeness (QED) is 0.321. The number of benzene rings is 3. The minimum Gasteiger partial charge on any atom is -0.378 e. The number of anilines is 2. The smallest absolute Gasteiger partial charge is 0.258 e. The molecule has 0 aromatic heterocycles. The molecule has 3 rings (SSSR count). The van der Waals surface area contributed by atoms with Crippen LogP contribution in [0.2, 0.25) is 0 Å². The first-order valence-electron chi connectivity index (χ1n) is 11.6. The zero-order valence-corrected chi connectivity index (χ0v) is 21.6. The second-order valence-electron chi connectivity index (χ2n) is 9.43. The molecule has 0 radical (unpaired) electrons. The lowest BCUT2D eigenvalue weighted by Crippen LogP contribution is -2.22. The summed E-state index contributed by atoms with van der Waals surface area (Å²) < 4.78 is 21.1. The van der Waals surface area contributed by atoms with Gasteiger partial charge in [-0.15, -0.1) is 0 Å². The van der Waals surface area contributed by atoms with Gasteiger partial charge in [0.2, 0.25) is 0 Å². The number of rotatable bonds is 10. The lowest BCUT2D eigenvalue weighted by molar-refractivity contribution is 0.272. The number of hydrogen-bond acceptors (Lipinski definition) is 4. The van der Waals surface area contributed by atoms with E-state index in [2.05, 4.69) is 57.3 Å². The van der Waals surface area contributed by atoms with Crippen molar-refractivity contribution in [3.8, 4) is 0 Å². The van der Waals surface area contributed by atoms with Crippen molar-refractivity contribution in [3.05, 3.63) is 90.0 Å². The van der Waals surface area contributed by atoms with E-state index in [1.807, 2.05) is 73.6 Å². The van der Waals surface area contributed by atoms with Crippen molar-refractivity contribution in [1.82, 2.24) is 0 Å². The summed E-state index contributed by atoms with van der Waals surface area (Å²) in [5, 5.41) is 4.26. The van der Waals surface area contributed by atoms with Gasteiger partial charge in [-0.2, -0.15) is 0 Å². The van der Waals surface area contributed by atoms with Crippen molar-refractivity contribution in [2.45, 2.75) is 39.4 Å². The van der Waals surface area contributed by atoms with Gasteiger partial charge in [-0.05, 0) is 59.4 Å². The largest absolute Gasteiger partial charge is 0.378 e. The van der Waals surface area contributed by atoms with Gasteiger partial charge < -0.3 is 14.7 Å². The molecule has 33 heavy (non-hydrogen) atoms. The van der Waals surface area contributed by atoms with E-state index in [1.54, 1.807) is 0 Å². The second-order valence-corrected chi connectivity index (χ2v) is 11.9. The van der Waals surface area contributed by atoms with Crippen LogP contribution in [0.3, 0.4) is 0 Å². The average Bonchev–Trinajstić information content (AvgIpc) is 2.82. The summed E-state index contributed by atoms with van der Waals surface area (Å²) in [6, 6.07) is 26.2. The summed E-state index contributed by atoms with van der Waals surface area (Å²) in [6.07, 6.45) is 0. The minimum atomic E-state index is -3.34. The molecule has 0 aliphatic rings.